The Morgan fingerprint density at radius 3 is 2.56 bits per heavy atom. The molecule has 0 bridgehead atoms. The number of nitrogens with one attached hydrogen (secondary N) is 1. The molecule has 1 aliphatic heterocycles. The first-order valence-electron chi connectivity index (χ1n) is 11.0. The minimum Gasteiger partial charge on any atom is -0.394 e. The quantitative estimate of drug-likeness (QED) is 0.408. The minimum absolute atomic E-state index is 0.246. The van der Waals surface area contributed by atoms with E-state index in [1.165, 1.54) is 23.2 Å². The van der Waals surface area contributed by atoms with Crippen molar-refractivity contribution in [3.05, 3.63) is 89.0 Å². The van der Waals surface area contributed by atoms with Gasteiger partial charge < -0.3 is 11.1 Å². The summed E-state index contributed by atoms with van der Waals surface area (Å²) in [7, 11) is 0. The molecular formula is C25H23FN6O2. The summed E-state index contributed by atoms with van der Waals surface area (Å²) >= 11 is 0. The van der Waals surface area contributed by atoms with Gasteiger partial charge in [0.2, 0.25) is 0 Å². The minimum atomic E-state index is -0.337. The first kappa shape index (κ1) is 21.6. The molecule has 4 aromatic rings. The standard InChI is InChI=1S/C25H23FN6O2/c1-15(29-22-10-12-32-23(30-22)21(27)14-28-32)20-13-17(26)9-8-16(20)5-4-11-31-24(33)18-6-2-3-7-19(18)25(31)34/h2-3,6-10,12-15H,4-5,11,27H2,1H3,(H,29,30)/t15-/m1/s1. The highest BCUT2D eigenvalue weighted by atomic mass is 19.1. The molecule has 0 radical (unpaired) electrons. The number of hydrogen-bond acceptors (Lipinski definition) is 6. The van der Waals surface area contributed by atoms with Crippen molar-refractivity contribution in [1.82, 2.24) is 19.5 Å². The third kappa shape index (κ3) is 3.85. The van der Waals surface area contributed by atoms with E-state index in [0.29, 0.717) is 47.7 Å². The number of imide groups is 1. The highest BCUT2D eigenvalue weighted by Gasteiger charge is 2.34. The van der Waals surface area contributed by atoms with Crippen molar-refractivity contribution in [2.75, 3.05) is 17.6 Å². The van der Waals surface area contributed by atoms with E-state index >= 15 is 0 Å². The molecule has 1 atom stereocenters. The monoisotopic (exact) mass is 458 g/mol. The van der Waals surface area contributed by atoms with Gasteiger partial charge in [0.1, 0.15) is 11.6 Å². The second-order valence-corrected chi connectivity index (χ2v) is 8.30. The molecule has 0 spiro atoms. The molecule has 172 valence electrons. The number of carbonyl (C=O) groups excluding carboxylic acids is 2. The predicted molar refractivity (Wildman–Crippen MR) is 126 cm³/mol. The van der Waals surface area contributed by atoms with E-state index in [2.05, 4.69) is 15.4 Å². The number of carbonyl (C=O) groups is 2. The van der Waals surface area contributed by atoms with E-state index in [1.807, 2.05) is 6.92 Å². The number of nitrogen functional groups attached to an aromatic ring is 1. The molecule has 3 heterocycles. The number of aryl methyl sites for hydroxylation is 1. The molecule has 34 heavy (non-hydrogen) atoms. The van der Waals surface area contributed by atoms with Gasteiger partial charge in [-0.2, -0.15) is 5.10 Å². The Labute approximate surface area is 195 Å². The molecule has 5 rings (SSSR count). The summed E-state index contributed by atoms with van der Waals surface area (Å²) in [4.78, 5) is 31.0. The molecule has 0 fully saturated rings. The Bertz CT molecular complexity index is 1380. The molecule has 2 aromatic carbocycles. The molecule has 9 heteroatoms. The van der Waals surface area contributed by atoms with Crippen molar-refractivity contribution in [2.24, 2.45) is 0 Å². The Balaban J connectivity index is 1.29. The van der Waals surface area contributed by atoms with Crippen LogP contribution in [0.25, 0.3) is 5.65 Å². The number of benzene rings is 2. The molecule has 1 aliphatic rings. The van der Waals surface area contributed by atoms with Gasteiger partial charge in [-0.15, -0.1) is 0 Å². The number of halogens is 1. The van der Waals surface area contributed by atoms with Gasteiger partial charge in [0.25, 0.3) is 11.8 Å². The summed E-state index contributed by atoms with van der Waals surface area (Å²) in [5.41, 5.74) is 9.52. The average molecular weight is 458 g/mol. The number of rotatable bonds is 7. The lowest BCUT2D eigenvalue weighted by atomic mass is 9.97. The summed E-state index contributed by atoms with van der Waals surface area (Å²) in [6, 6.07) is 13.0. The molecule has 2 amide bonds. The number of nitrogens with two attached hydrogens (primary N) is 1. The number of amides is 2. The van der Waals surface area contributed by atoms with Crippen LogP contribution in [0.3, 0.4) is 0 Å². The molecule has 0 unspecified atom stereocenters. The lowest BCUT2D eigenvalue weighted by molar-refractivity contribution is 0.0652. The zero-order valence-corrected chi connectivity index (χ0v) is 18.5. The van der Waals surface area contributed by atoms with Gasteiger partial charge in [-0.3, -0.25) is 14.5 Å². The lowest BCUT2D eigenvalue weighted by Gasteiger charge is -2.20. The molecule has 2 aromatic heterocycles. The van der Waals surface area contributed by atoms with E-state index in [-0.39, 0.29) is 23.7 Å². The molecule has 0 saturated carbocycles. The first-order valence-corrected chi connectivity index (χ1v) is 11.0. The highest BCUT2D eigenvalue weighted by Crippen LogP contribution is 2.26. The van der Waals surface area contributed by atoms with Crippen molar-refractivity contribution in [3.63, 3.8) is 0 Å². The molecule has 3 N–H and O–H groups in total. The number of anilines is 2. The van der Waals surface area contributed by atoms with Gasteiger partial charge in [-0.1, -0.05) is 18.2 Å². The second kappa shape index (κ2) is 8.58. The zero-order chi connectivity index (χ0) is 23.8. The Morgan fingerprint density at radius 1 is 1.09 bits per heavy atom. The van der Waals surface area contributed by atoms with Gasteiger partial charge in [0, 0.05) is 12.7 Å². The first-order chi connectivity index (χ1) is 16.4. The topological polar surface area (TPSA) is 106 Å². The number of aromatic nitrogens is 3. The maximum Gasteiger partial charge on any atom is 0.261 e. The normalized spacial score (nSPS) is 14.0. The molecule has 0 aliphatic carbocycles. The van der Waals surface area contributed by atoms with Gasteiger partial charge in [-0.25, -0.2) is 13.9 Å². The maximum absolute atomic E-state index is 14.1. The molecule has 0 saturated heterocycles. The van der Waals surface area contributed by atoms with Crippen LogP contribution in [0.15, 0.2) is 60.9 Å². The van der Waals surface area contributed by atoms with Crippen molar-refractivity contribution < 1.29 is 14.0 Å². The van der Waals surface area contributed by atoms with Crippen LogP contribution < -0.4 is 11.1 Å². The van der Waals surface area contributed by atoms with Crippen LogP contribution in [0.5, 0.6) is 0 Å². The summed E-state index contributed by atoms with van der Waals surface area (Å²) in [5.74, 6) is -0.282. The predicted octanol–water partition coefficient (Wildman–Crippen LogP) is 3.85. The zero-order valence-electron chi connectivity index (χ0n) is 18.5. The Morgan fingerprint density at radius 2 is 1.82 bits per heavy atom. The van der Waals surface area contributed by atoms with E-state index in [9.17, 15) is 14.0 Å². The smallest absolute Gasteiger partial charge is 0.261 e. The van der Waals surface area contributed by atoms with E-state index in [4.69, 9.17) is 5.73 Å². The van der Waals surface area contributed by atoms with Crippen LogP contribution in [0.1, 0.15) is 51.2 Å². The van der Waals surface area contributed by atoms with Crippen molar-refractivity contribution in [1.29, 1.82) is 0 Å². The van der Waals surface area contributed by atoms with Gasteiger partial charge >= 0.3 is 0 Å². The van der Waals surface area contributed by atoms with Crippen LogP contribution >= 0.6 is 0 Å². The highest BCUT2D eigenvalue weighted by molar-refractivity contribution is 6.21. The summed E-state index contributed by atoms with van der Waals surface area (Å²) in [6.45, 7) is 2.22. The van der Waals surface area contributed by atoms with Gasteiger partial charge in [-0.05, 0) is 61.2 Å². The van der Waals surface area contributed by atoms with Gasteiger partial charge in [0.15, 0.2) is 5.65 Å². The fourth-order valence-corrected chi connectivity index (χ4v) is 4.33. The van der Waals surface area contributed by atoms with Crippen LogP contribution in [0.4, 0.5) is 15.9 Å². The van der Waals surface area contributed by atoms with E-state index in [0.717, 1.165) is 11.1 Å². The van der Waals surface area contributed by atoms with E-state index < -0.39 is 0 Å². The van der Waals surface area contributed by atoms with Crippen LogP contribution in [0, 0.1) is 5.82 Å². The number of nitrogens with zero attached hydrogens (tertiary/aromatic N) is 4. The largest absolute Gasteiger partial charge is 0.394 e. The summed E-state index contributed by atoms with van der Waals surface area (Å²) in [6.07, 6.45) is 4.43. The van der Waals surface area contributed by atoms with Crippen LogP contribution in [-0.2, 0) is 6.42 Å². The second-order valence-electron chi connectivity index (χ2n) is 8.30. The summed E-state index contributed by atoms with van der Waals surface area (Å²) in [5, 5.41) is 7.41. The van der Waals surface area contributed by atoms with Gasteiger partial charge in [0.05, 0.1) is 29.1 Å². The fraction of sp³-hybridized carbons (Fsp3) is 0.200. The van der Waals surface area contributed by atoms with Crippen molar-refractivity contribution in [2.45, 2.75) is 25.8 Å². The maximum atomic E-state index is 14.1. The lowest BCUT2D eigenvalue weighted by Crippen LogP contribution is -2.31. The van der Waals surface area contributed by atoms with Crippen molar-refractivity contribution >= 4 is 29.0 Å². The Hall–Kier alpha value is -4.27. The van der Waals surface area contributed by atoms with Crippen molar-refractivity contribution in [3.8, 4) is 0 Å². The average Bonchev–Trinajstić information content (AvgIpc) is 3.32. The summed E-state index contributed by atoms with van der Waals surface area (Å²) < 4.78 is 15.7. The third-order valence-electron chi connectivity index (χ3n) is 6.04. The number of hydrogen-bond donors (Lipinski definition) is 2. The van der Waals surface area contributed by atoms with Crippen LogP contribution in [0.2, 0.25) is 0 Å². The van der Waals surface area contributed by atoms with Crippen LogP contribution in [-0.4, -0.2) is 37.9 Å². The fourth-order valence-electron chi connectivity index (χ4n) is 4.33. The third-order valence-corrected chi connectivity index (χ3v) is 6.04. The Kier molecular flexibility index (Phi) is 5.45. The number of fused-ring (bicyclic) bond motifs is 2. The molecular weight excluding hydrogens is 435 g/mol. The van der Waals surface area contributed by atoms with E-state index in [1.54, 1.807) is 47.1 Å². The molecule has 8 nitrogen and oxygen atoms in total. The SMILES string of the molecule is C[C@@H](Nc1ccn2ncc(N)c2n1)c1cc(F)ccc1CCCN1C(=O)c2ccccc2C1=O.